The summed E-state index contributed by atoms with van der Waals surface area (Å²) in [5, 5.41) is 6.72. The van der Waals surface area contributed by atoms with Crippen LogP contribution < -0.4 is 10.1 Å². The quantitative estimate of drug-likeness (QED) is 0.796. The smallest absolute Gasteiger partial charge is 0.314 e. The number of rotatable bonds is 8. The lowest BCUT2D eigenvalue weighted by Crippen LogP contribution is -2.42. The van der Waals surface area contributed by atoms with E-state index < -0.39 is 0 Å². The molecule has 1 amide bonds. The fraction of sp³-hybridized carbons (Fsp3) is 0.733. The molecule has 1 heterocycles. The number of hydrogen-bond donors (Lipinski definition) is 1. The molecule has 6 heteroatoms. The van der Waals surface area contributed by atoms with E-state index in [0.29, 0.717) is 12.1 Å². The predicted octanol–water partition coefficient (Wildman–Crippen LogP) is 2.09. The molecule has 21 heavy (non-hydrogen) atoms. The normalized spacial score (nSPS) is 14.0. The van der Waals surface area contributed by atoms with Crippen LogP contribution in [-0.4, -0.2) is 49.8 Å². The molecule has 0 saturated carbocycles. The number of nitrogens with zero attached hydrogens (tertiary/aromatic N) is 2. The molecule has 0 saturated heterocycles. The number of carbonyl (C=O) groups is 1. The number of carbonyl (C=O) groups excluding carboxylic acids is 1. The Morgan fingerprint density at radius 3 is 2.62 bits per heavy atom. The molecule has 1 atom stereocenters. The summed E-state index contributed by atoms with van der Waals surface area (Å²) in [7, 11) is 3.58. The van der Waals surface area contributed by atoms with Crippen LogP contribution in [0.25, 0.3) is 0 Å². The highest BCUT2D eigenvalue weighted by Gasteiger charge is 2.26. The lowest BCUT2D eigenvalue weighted by atomic mass is 9.86. The molecule has 0 fully saturated rings. The molecule has 1 N–H and O–H groups in total. The molecule has 0 spiro atoms. The molecule has 1 aromatic rings. The van der Waals surface area contributed by atoms with Crippen molar-refractivity contribution in [3.05, 3.63) is 11.3 Å². The van der Waals surface area contributed by atoms with Crippen molar-refractivity contribution in [2.24, 2.45) is 5.41 Å². The highest BCUT2D eigenvalue weighted by Crippen LogP contribution is 2.23. The first-order chi connectivity index (χ1) is 9.86. The third-order valence-corrected chi connectivity index (χ3v) is 4.00. The summed E-state index contributed by atoms with van der Waals surface area (Å²) in [6.07, 6.45) is 0.985. The number of nitrogens with one attached hydrogen (secondary N) is 1. The van der Waals surface area contributed by atoms with Crippen LogP contribution in [0.2, 0.25) is 0 Å². The minimum Gasteiger partial charge on any atom is -0.467 e. The summed E-state index contributed by atoms with van der Waals surface area (Å²) in [6.45, 7) is 10.7. The Labute approximate surface area is 126 Å². The molecular formula is C15H27N3O3. The van der Waals surface area contributed by atoms with Gasteiger partial charge in [-0.25, -0.2) is 0 Å². The maximum Gasteiger partial charge on any atom is 0.314 e. The third-order valence-electron chi connectivity index (χ3n) is 4.00. The third kappa shape index (κ3) is 4.46. The van der Waals surface area contributed by atoms with Gasteiger partial charge in [-0.15, -0.1) is 0 Å². The largest absolute Gasteiger partial charge is 0.467 e. The SMILES string of the molecule is CCN(C)CC(C)(CC)CNC(=O)c1noc(OC)c1C. The molecular weight excluding hydrogens is 270 g/mol. The van der Waals surface area contributed by atoms with E-state index in [1.807, 2.05) is 0 Å². The molecule has 120 valence electrons. The van der Waals surface area contributed by atoms with Gasteiger partial charge in [-0.2, -0.15) is 0 Å². The maximum atomic E-state index is 12.2. The summed E-state index contributed by atoms with van der Waals surface area (Å²) in [6, 6.07) is 0. The lowest BCUT2D eigenvalue weighted by Gasteiger charge is -2.32. The monoisotopic (exact) mass is 297 g/mol. The van der Waals surface area contributed by atoms with Crippen LogP contribution >= 0.6 is 0 Å². The molecule has 0 aliphatic heterocycles. The molecule has 0 aliphatic carbocycles. The van der Waals surface area contributed by atoms with Crippen LogP contribution in [0.15, 0.2) is 4.52 Å². The molecule has 0 bridgehead atoms. The Balaban J connectivity index is 2.67. The van der Waals surface area contributed by atoms with E-state index in [1.54, 1.807) is 6.92 Å². The zero-order valence-electron chi connectivity index (χ0n) is 13.9. The van der Waals surface area contributed by atoms with Gasteiger partial charge in [-0.05, 0) is 32.4 Å². The molecule has 1 aromatic heterocycles. The van der Waals surface area contributed by atoms with Crippen molar-refractivity contribution in [1.82, 2.24) is 15.4 Å². The standard InChI is InChI=1S/C15H27N3O3/c1-7-15(4,10-18(5)8-2)9-16-13(19)12-11(3)14(20-6)21-17-12/h7-10H2,1-6H3,(H,16,19). The van der Waals surface area contributed by atoms with Crippen molar-refractivity contribution in [1.29, 1.82) is 0 Å². The summed E-state index contributed by atoms with van der Waals surface area (Å²) >= 11 is 0. The molecule has 0 aliphatic rings. The average molecular weight is 297 g/mol. The lowest BCUT2D eigenvalue weighted by molar-refractivity contribution is 0.0908. The maximum absolute atomic E-state index is 12.2. The minimum atomic E-state index is -0.224. The first kappa shape index (κ1) is 17.5. The fourth-order valence-corrected chi connectivity index (χ4v) is 2.16. The molecule has 1 rings (SSSR count). The van der Waals surface area contributed by atoms with Crippen molar-refractivity contribution < 1.29 is 14.1 Å². The summed E-state index contributed by atoms with van der Waals surface area (Å²) < 4.78 is 9.96. The summed E-state index contributed by atoms with van der Waals surface area (Å²) in [4.78, 5) is 14.5. The Bertz CT molecular complexity index is 473. The number of ether oxygens (including phenoxy) is 1. The van der Waals surface area contributed by atoms with E-state index in [2.05, 4.69) is 43.2 Å². The summed E-state index contributed by atoms with van der Waals surface area (Å²) in [5.41, 5.74) is 0.940. The predicted molar refractivity (Wildman–Crippen MR) is 81.7 cm³/mol. The molecule has 0 radical (unpaired) electrons. The van der Waals surface area contributed by atoms with Crippen LogP contribution in [0.3, 0.4) is 0 Å². The topological polar surface area (TPSA) is 67.6 Å². The average Bonchev–Trinajstić information content (AvgIpc) is 2.85. The van der Waals surface area contributed by atoms with Crippen molar-refractivity contribution in [2.45, 2.75) is 34.1 Å². The second kappa shape index (κ2) is 7.45. The zero-order chi connectivity index (χ0) is 16.0. The number of aromatic nitrogens is 1. The minimum absolute atomic E-state index is 0.0299. The molecule has 6 nitrogen and oxygen atoms in total. The van der Waals surface area contributed by atoms with Crippen molar-refractivity contribution in [3.63, 3.8) is 0 Å². The van der Waals surface area contributed by atoms with Crippen LogP contribution in [0, 0.1) is 12.3 Å². The Hall–Kier alpha value is -1.56. The van der Waals surface area contributed by atoms with Crippen LogP contribution in [0.1, 0.15) is 43.2 Å². The first-order valence-corrected chi connectivity index (χ1v) is 7.33. The highest BCUT2D eigenvalue weighted by molar-refractivity contribution is 5.93. The van der Waals surface area contributed by atoms with Crippen LogP contribution in [0.4, 0.5) is 0 Å². The highest BCUT2D eigenvalue weighted by atomic mass is 16.6. The van der Waals surface area contributed by atoms with E-state index in [1.165, 1.54) is 7.11 Å². The van der Waals surface area contributed by atoms with Gasteiger partial charge in [0.15, 0.2) is 5.69 Å². The second-order valence-electron chi connectivity index (χ2n) is 5.83. The van der Waals surface area contributed by atoms with Gasteiger partial charge in [0.1, 0.15) is 0 Å². The fourth-order valence-electron chi connectivity index (χ4n) is 2.16. The van der Waals surface area contributed by atoms with E-state index in [4.69, 9.17) is 9.26 Å². The van der Waals surface area contributed by atoms with E-state index in [-0.39, 0.29) is 23.0 Å². The van der Waals surface area contributed by atoms with E-state index in [9.17, 15) is 4.79 Å². The number of methoxy groups -OCH3 is 1. The van der Waals surface area contributed by atoms with E-state index >= 15 is 0 Å². The Kier molecular flexibility index (Phi) is 6.20. The first-order valence-electron chi connectivity index (χ1n) is 7.33. The van der Waals surface area contributed by atoms with Gasteiger partial charge in [0, 0.05) is 13.1 Å². The van der Waals surface area contributed by atoms with E-state index in [0.717, 1.165) is 19.5 Å². The van der Waals surface area contributed by atoms with Crippen molar-refractivity contribution in [2.75, 3.05) is 33.8 Å². The van der Waals surface area contributed by atoms with Crippen LogP contribution in [-0.2, 0) is 0 Å². The Morgan fingerprint density at radius 1 is 1.48 bits per heavy atom. The van der Waals surface area contributed by atoms with Gasteiger partial charge < -0.3 is 19.5 Å². The summed E-state index contributed by atoms with van der Waals surface area (Å²) in [5.74, 6) is 0.0579. The van der Waals surface area contributed by atoms with Gasteiger partial charge in [-0.3, -0.25) is 4.79 Å². The van der Waals surface area contributed by atoms with Gasteiger partial charge in [0.05, 0.1) is 12.7 Å². The van der Waals surface area contributed by atoms with Crippen molar-refractivity contribution >= 4 is 5.91 Å². The molecule has 1 unspecified atom stereocenters. The van der Waals surface area contributed by atoms with Gasteiger partial charge in [-0.1, -0.05) is 25.9 Å². The van der Waals surface area contributed by atoms with Gasteiger partial charge >= 0.3 is 5.95 Å². The molecule has 0 aromatic carbocycles. The Morgan fingerprint density at radius 2 is 2.14 bits per heavy atom. The van der Waals surface area contributed by atoms with Gasteiger partial charge in [0.25, 0.3) is 5.91 Å². The van der Waals surface area contributed by atoms with Crippen LogP contribution in [0.5, 0.6) is 5.95 Å². The zero-order valence-corrected chi connectivity index (χ0v) is 13.9. The van der Waals surface area contributed by atoms with Crippen molar-refractivity contribution in [3.8, 4) is 5.95 Å². The number of amides is 1. The number of hydrogen-bond acceptors (Lipinski definition) is 5. The second-order valence-corrected chi connectivity index (χ2v) is 5.83. The van der Waals surface area contributed by atoms with Gasteiger partial charge in [0.2, 0.25) is 0 Å².